The minimum absolute atomic E-state index is 0.153. The van der Waals surface area contributed by atoms with Crippen LogP contribution in [0.3, 0.4) is 0 Å². The predicted molar refractivity (Wildman–Crippen MR) is 124 cm³/mol. The summed E-state index contributed by atoms with van der Waals surface area (Å²) >= 11 is 0. The number of rotatable bonds is 9. The third-order valence-corrected chi connectivity index (χ3v) is 10.3. The van der Waals surface area contributed by atoms with Gasteiger partial charge in [0.1, 0.15) is 0 Å². The van der Waals surface area contributed by atoms with E-state index in [-0.39, 0.29) is 11.5 Å². The van der Waals surface area contributed by atoms with Crippen LogP contribution >= 0.6 is 0 Å². The molecule has 31 heavy (non-hydrogen) atoms. The average molecular weight is 444 g/mol. The van der Waals surface area contributed by atoms with E-state index in [9.17, 15) is 14.7 Å². The van der Waals surface area contributed by atoms with Crippen LogP contribution < -0.4 is 10.4 Å². The molecule has 1 N–H and O–H groups in total. The van der Waals surface area contributed by atoms with E-state index in [1.54, 1.807) is 0 Å². The van der Waals surface area contributed by atoms with Crippen LogP contribution in [-0.2, 0) is 14.0 Å². The Morgan fingerprint density at radius 1 is 0.968 bits per heavy atom. The van der Waals surface area contributed by atoms with Crippen LogP contribution in [0.15, 0.2) is 60.7 Å². The molecule has 0 radical (unpaired) electrons. The van der Waals surface area contributed by atoms with Crippen LogP contribution in [0, 0.1) is 0 Å². The van der Waals surface area contributed by atoms with E-state index in [1.165, 1.54) is 29.4 Å². The molecular formula is C24H33NO5Si. The van der Waals surface area contributed by atoms with Gasteiger partial charge in [0.15, 0.2) is 0 Å². The first-order valence-corrected chi connectivity index (χ1v) is 12.4. The SMILES string of the molecule is CN(C)C(=O)O[C@@H](CCCO[Si](c1ccccc1)(c1ccccc1)C(C)(C)C)C(=O)O. The Morgan fingerprint density at radius 2 is 1.45 bits per heavy atom. The molecule has 2 aromatic carbocycles. The van der Waals surface area contributed by atoms with Crippen molar-refractivity contribution in [3.63, 3.8) is 0 Å². The number of carbonyl (C=O) groups excluding carboxylic acids is 1. The van der Waals surface area contributed by atoms with E-state index in [2.05, 4.69) is 45.0 Å². The zero-order valence-corrected chi connectivity index (χ0v) is 20.0. The molecule has 0 aromatic heterocycles. The van der Waals surface area contributed by atoms with Crippen molar-refractivity contribution in [2.24, 2.45) is 0 Å². The third kappa shape index (κ3) is 5.95. The molecular weight excluding hydrogens is 410 g/mol. The second-order valence-electron chi connectivity index (χ2n) is 8.76. The number of ether oxygens (including phenoxy) is 1. The van der Waals surface area contributed by atoms with Crippen molar-refractivity contribution in [1.29, 1.82) is 0 Å². The van der Waals surface area contributed by atoms with Crippen molar-refractivity contribution in [1.82, 2.24) is 4.90 Å². The number of hydrogen-bond acceptors (Lipinski definition) is 4. The summed E-state index contributed by atoms with van der Waals surface area (Å²) in [6.07, 6.45) is -1.21. The quantitative estimate of drug-likeness (QED) is 0.474. The predicted octanol–water partition coefficient (Wildman–Crippen LogP) is 3.49. The first kappa shape index (κ1) is 24.6. The number of carboxylic acids is 1. The van der Waals surface area contributed by atoms with Gasteiger partial charge in [-0.25, -0.2) is 9.59 Å². The molecule has 0 saturated heterocycles. The minimum atomic E-state index is -2.66. The highest BCUT2D eigenvalue weighted by Crippen LogP contribution is 2.36. The van der Waals surface area contributed by atoms with Gasteiger partial charge in [-0.3, -0.25) is 0 Å². The maximum atomic E-state index is 11.8. The summed E-state index contributed by atoms with van der Waals surface area (Å²) in [5.41, 5.74) is 0. The topological polar surface area (TPSA) is 76.1 Å². The molecule has 6 nitrogen and oxygen atoms in total. The maximum Gasteiger partial charge on any atom is 0.410 e. The summed E-state index contributed by atoms with van der Waals surface area (Å²) in [6.45, 7) is 6.95. The van der Waals surface area contributed by atoms with E-state index in [0.29, 0.717) is 13.0 Å². The van der Waals surface area contributed by atoms with E-state index in [1.807, 2.05) is 36.4 Å². The van der Waals surface area contributed by atoms with Gasteiger partial charge >= 0.3 is 12.1 Å². The Hall–Kier alpha value is -2.64. The average Bonchev–Trinajstić information content (AvgIpc) is 2.73. The van der Waals surface area contributed by atoms with Crippen LogP contribution in [0.1, 0.15) is 33.6 Å². The molecule has 1 atom stereocenters. The van der Waals surface area contributed by atoms with Crippen molar-refractivity contribution in [2.45, 2.75) is 44.8 Å². The second kappa shape index (κ2) is 10.6. The van der Waals surface area contributed by atoms with Gasteiger partial charge < -0.3 is 19.2 Å². The molecule has 0 unspecified atom stereocenters. The molecule has 1 amide bonds. The molecule has 2 aromatic rings. The second-order valence-corrected chi connectivity index (χ2v) is 13.1. The largest absolute Gasteiger partial charge is 0.479 e. The summed E-state index contributed by atoms with van der Waals surface area (Å²) in [5.74, 6) is -1.15. The lowest BCUT2D eigenvalue weighted by atomic mass is 10.2. The monoisotopic (exact) mass is 443 g/mol. The molecule has 168 valence electrons. The summed E-state index contributed by atoms with van der Waals surface area (Å²) in [5, 5.41) is 11.6. The Kier molecular flexibility index (Phi) is 8.41. The summed E-state index contributed by atoms with van der Waals surface area (Å²) in [6, 6.07) is 20.5. The van der Waals surface area contributed by atoms with Crippen LogP contribution in [-0.4, -0.2) is 57.2 Å². The number of hydrogen-bond donors (Lipinski definition) is 1. The van der Waals surface area contributed by atoms with Gasteiger partial charge in [0.2, 0.25) is 6.10 Å². The lowest BCUT2D eigenvalue weighted by Crippen LogP contribution is -2.66. The van der Waals surface area contributed by atoms with E-state index in [4.69, 9.17) is 9.16 Å². The fraction of sp³-hybridized carbons (Fsp3) is 0.417. The zero-order chi connectivity index (χ0) is 23.1. The minimum Gasteiger partial charge on any atom is -0.479 e. The summed E-state index contributed by atoms with van der Waals surface area (Å²) in [4.78, 5) is 24.5. The van der Waals surface area contributed by atoms with Gasteiger partial charge in [0, 0.05) is 20.7 Å². The smallest absolute Gasteiger partial charge is 0.410 e. The molecule has 0 aliphatic carbocycles. The van der Waals surface area contributed by atoms with Crippen LogP contribution in [0.5, 0.6) is 0 Å². The van der Waals surface area contributed by atoms with Crippen molar-refractivity contribution < 1.29 is 23.9 Å². The third-order valence-electron chi connectivity index (χ3n) is 5.23. The normalized spacial score (nSPS) is 12.8. The van der Waals surface area contributed by atoms with Gasteiger partial charge in [-0.2, -0.15) is 0 Å². The van der Waals surface area contributed by atoms with Crippen molar-refractivity contribution in [3.8, 4) is 0 Å². The molecule has 0 aliphatic rings. The van der Waals surface area contributed by atoms with E-state index >= 15 is 0 Å². The van der Waals surface area contributed by atoms with Gasteiger partial charge in [-0.15, -0.1) is 0 Å². The zero-order valence-electron chi connectivity index (χ0n) is 19.0. The van der Waals surface area contributed by atoms with E-state index in [0.717, 1.165) is 0 Å². The molecule has 7 heteroatoms. The van der Waals surface area contributed by atoms with Gasteiger partial charge in [-0.1, -0.05) is 81.4 Å². The molecule has 2 rings (SSSR count). The molecule has 0 spiro atoms. The first-order valence-electron chi connectivity index (χ1n) is 10.5. The summed E-state index contributed by atoms with van der Waals surface area (Å²) in [7, 11) is 0.381. The number of carboxylic acid groups (broad SMARTS) is 1. The number of benzene rings is 2. The van der Waals surface area contributed by atoms with Crippen LogP contribution in [0.2, 0.25) is 5.04 Å². The first-order chi connectivity index (χ1) is 14.6. The number of nitrogens with zero attached hydrogens (tertiary/aromatic N) is 1. The highest BCUT2D eigenvalue weighted by Gasteiger charge is 2.50. The Balaban J connectivity index is 2.25. The van der Waals surface area contributed by atoms with Gasteiger partial charge in [-0.05, 0) is 28.3 Å². The highest BCUT2D eigenvalue weighted by molar-refractivity contribution is 6.99. The van der Waals surface area contributed by atoms with E-state index < -0.39 is 26.5 Å². The number of aliphatic carboxylic acids is 1. The molecule has 0 bridgehead atoms. The molecule has 0 aliphatic heterocycles. The van der Waals surface area contributed by atoms with Crippen LogP contribution in [0.25, 0.3) is 0 Å². The summed E-state index contributed by atoms with van der Waals surface area (Å²) < 4.78 is 11.8. The standard InChI is InChI=1S/C24H33NO5Si/c1-24(2,3)31(19-13-8-6-9-14-19,20-15-10-7-11-16-20)29-18-12-17-21(22(26)27)30-23(28)25(4)5/h6-11,13-16,21H,12,17-18H2,1-5H3,(H,26,27)/t21-/m0/s1. The van der Waals surface area contributed by atoms with Crippen molar-refractivity contribution in [2.75, 3.05) is 20.7 Å². The number of amides is 1. The van der Waals surface area contributed by atoms with Crippen molar-refractivity contribution in [3.05, 3.63) is 60.7 Å². The Morgan fingerprint density at radius 3 is 1.84 bits per heavy atom. The molecule has 0 heterocycles. The Labute approximate surface area is 185 Å². The maximum absolute atomic E-state index is 11.8. The van der Waals surface area contributed by atoms with Gasteiger partial charge in [0.05, 0.1) is 0 Å². The lowest BCUT2D eigenvalue weighted by molar-refractivity contribution is -0.147. The molecule has 0 fully saturated rings. The lowest BCUT2D eigenvalue weighted by Gasteiger charge is -2.43. The number of carbonyl (C=O) groups is 2. The van der Waals surface area contributed by atoms with Crippen LogP contribution in [0.4, 0.5) is 4.79 Å². The van der Waals surface area contributed by atoms with Crippen molar-refractivity contribution >= 4 is 30.8 Å². The highest BCUT2D eigenvalue weighted by atomic mass is 28.4. The fourth-order valence-electron chi connectivity index (χ4n) is 3.72. The Bertz CT molecular complexity index is 810. The molecule has 0 saturated carbocycles. The fourth-order valence-corrected chi connectivity index (χ4v) is 8.32. The van der Waals surface area contributed by atoms with Gasteiger partial charge in [0.25, 0.3) is 8.32 Å².